The van der Waals surface area contributed by atoms with Crippen LogP contribution in [-0.4, -0.2) is 35.6 Å². The van der Waals surface area contributed by atoms with E-state index >= 15 is 0 Å². The zero-order chi connectivity index (χ0) is 23.6. The van der Waals surface area contributed by atoms with Gasteiger partial charge in [0.25, 0.3) is 0 Å². The van der Waals surface area contributed by atoms with Gasteiger partial charge in [-0.15, -0.1) is 11.8 Å². The number of carbonyl (C=O) groups is 2. The van der Waals surface area contributed by atoms with Gasteiger partial charge in [0.05, 0.1) is 0 Å². The summed E-state index contributed by atoms with van der Waals surface area (Å²) in [6, 6.07) is 24.9. The highest BCUT2D eigenvalue weighted by atomic mass is 35.5. The second-order valence-electron chi connectivity index (χ2n) is 7.88. The van der Waals surface area contributed by atoms with Crippen LogP contribution >= 0.6 is 23.4 Å². The second-order valence-corrected chi connectivity index (χ2v) is 9.48. The number of aryl methyl sites for hydroxylation is 1. The first-order valence-electron chi connectivity index (χ1n) is 10.9. The van der Waals surface area contributed by atoms with E-state index < -0.39 is 6.04 Å². The van der Waals surface area contributed by atoms with Crippen molar-refractivity contribution in [3.05, 3.63) is 101 Å². The number of nitrogens with one attached hydrogen (secondary N) is 1. The highest BCUT2D eigenvalue weighted by molar-refractivity contribution is 7.99. The monoisotopic (exact) mass is 480 g/mol. The van der Waals surface area contributed by atoms with Crippen LogP contribution in [0.2, 0.25) is 5.02 Å². The molecular formula is C27H29ClN2O2S. The Morgan fingerprint density at radius 1 is 0.939 bits per heavy atom. The van der Waals surface area contributed by atoms with Crippen molar-refractivity contribution in [2.45, 2.75) is 37.2 Å². The van der Waals surface area contributed by atoms with Crippen molar-refractivity contribution >= 4 is 35.2 Å². The predicted octanol–water partition coefficient (Wildman–Crippen LogP) is 5.52. The number of nitrogens with zero attached hydrogens (tertiary/aromatic N) is 1. The maximum absolute atomic E-state index is 13.4. The van der Waals surface area contributed by atoms with E-state index in [1.54, 1.807) is 23.7 Å². The summed E-state index contributed by atoms with van der Waals surface area (Å²) in [5.41, 5.74) is 3.17. The standard InChI is InChI=1S/C27H29ClN2O2S/c1-20-8-10-22(11-9-20)19-30(25(27(32)29-2)18-21-6-4-3-5-7-21)26(31)16-17-33-24-14-12-23(28)13-15-24/h3-15,25H,16-19H2,1-2H3,(H,29,32)/t25-/m1/s1. The van der Waals surface area contributed by atoms with Gasteiger partial charge in [-0.3, -0.25) is 9.59 Å². The van der Waals surface area contributed by atoms with Gasteiger partial charge in [-0.05, 0) is 42.3 Å². The first-order chi connectivity index (χ1) is 16.0. The summed E-state index contributed by atoms with van der Waals surface area (Å²) in [5.74, 6) is 0.419. The van der Waals surface area contributed by atoms with Crippen LogP contribution in [-0.2, 0) is 22.6 Å². The van der Waals surface area contributed by atoms with E-state index in [2.05, 4.69) is 5.32 Å². The molecule has 4 nitrogen and oxygen atoms in total. The summed E-state index contributed by atoms with van der Waals surface area (Å²) < 4.78 is 0. The van der Waals surface area contributed by atoms with E-state index in [9.17, 15) is 9.59 Å². The smallest absolute Gasteiger partial charge is 0.242 e. The summed E-state index contributed by atoms with van der Waals surface area (Å²) in [4.78, 5) is 29.1. The Morgan fingerprint density at radius 2 is 1.61 bits per heavy atom. The number of halogens is 1. The SMILES string of the molecule is CNC(=O)[C@@H](Cc1ccccc1)N(Cc1ccc(C)cc1)C(=O)CCSc1ccc(Cl)cc1. The highest BCUT2D eigenvalue weighted by Gasteiger charge is 2.29. The van der Waals surface area contributed by atoms with Gasteiger partial charge in [0, 0.05) is 42.1 Å². The Morgan fingerprint density at radius 3 is 2.24 bits per heavy atom. The lowest BCUT2D eigenvalue weighted by Crippen LogP contribution is -2.49. The Kier molecular flexibility index (Phi) is 9.40. The van der Waals surface area contributed by atoms with Crippen molar-refractivity contribution in [2.24, 2.45) is 0 Å². The number of benzene rings is 3. The number of rotatable bonds is 10. The maximum Gasteiger partial charge on any atom is 0.242 e. The minimum absolute atomic E-state index is 0.0402. The number of hydrogen-bond donors (Lipinski definition) is 1. The molecule has 0 spiro atoms. The third-order valence-corrected chi connectivity index (χ3v) is 6.66. The van der Waals surface area contributed by atoms with Crippen LogP contribution in [0.3, 0.4) is 0 Å². The maximum atomic E-state index is 13.4. The molecule has 1 N–H and O–H groups in total. The quantitative estimate of drug-likeness (QED) is 0.389. The van der Waals surface area contributed by atoms with Gasteiger partial charge in [0.2, 0.25) is 11.8 Å². The number of carbonyl (C=O) groups excluding carboxylic acids is 2. The molecule has 3 rings (SSSR count). The molecule has 0 aliphatic heterocycles. The molecule has 0 radical (unpaired) electrons. The third kappa shape index (κ3) is 7.65. The lowest BCUT2D eigenvalue weighted by atomic mass is 10.0. The van der Waals surface area contributed by atoms with Crippen molar-refractivity contribution in [3.63, 3.8) is 0 Å². The minimum atomic E-state index is -0.591. The Bertz CT molecular complexity index is 1040. The number of hydrogen-bond acceptors (Lipinski definition) is 3. The van der Waals surface area contributed by atoms with E-state index in [0.717, 1.165) is 21.6 Å². The van der Waals surface area contributed by atoms with Gasteiger partial charge in [-0.25, -0.2) is 0 Å². The van der Waals surface area contributed by atoms with Crippen LogP contribution in [0, 0.1) is 6.92 Å². The predicted molar refractivity (Wildman–Crippen MR) is 137 cm³/mol. The molecule has 0 aromatic heterocycles. The van der Waals surface area contributed by atoms with E-state index in [0.29, 0.717) is 30.2 Å². The summed E-state index contributed by atoms with van der Waals surface area (Å²) in [5, 5.41) is 3.44. The van der Waals surface area contributed by atoms with Crippen molar-refractivity contribution < 1.29 is 9.59 Å². The molecule has 0 aliphatic rings. The number of thioether (sulfide) groups is 1. The molecule has 6 heteroatoms. The fourth-order valence-electron chi connectivity index (χ4n) is 3.54. The Balaban J connectivity index is 1.79. The van der Waals surface area contributed by atoms with Crippen molar-refractivity contribution in [1.82, 2.24) is 10.2 Å². The average Bonchev–Trinajstić information content (AvgIpc) is 2.83. The van der Waals surface area contributed by atoms with Crippen LogP contribution in [0.1, 0.15) is 23.1 Å². The Labute approximate surface area is 205 Å². The number of likely N-dealkylation sites (N-methyl/N-ethyl adjacent to an activating group) is 1. The summed E-state index contributed by atoms with van der Waals surface area (Å²) in [7, 11) is 1.62. The normalized spacial score (nSPS) is 11.6. The topological polar surface area (TPSA) is 49.4 Å². The molecule has 0 saturated carbocycles. The molecular weight excluding hydrogens is 452 g/mol. The molecule has 172 valence electrons. The molecule has 33 heavy (non-hydrogen) atoms. The van der Waals surface area contributed by atoms with Gasteiger partial charge in [-0.2, -0.15) is 0 Å². The fourth-order valence-corrected chi connectivity index (χ4v) is 4.51. The molecule has 2 amide bonds. The van der Waals surface area contributed by atoms with Crippen molar-refractivity contribution in [3.8, 4) is 0 Å². The zero-order valence-electron chi connectivity index (χ0n) is 19.0. The summed E-state index contributed by atoms with van der Waals surface area (Å²) in [6.45, 7) is 2.42. The first-order valence-corrected chi connectivity index (χ1v) is 12.3. The van der Waals surface area contributed by atoms with Crippen LogP contribution < -0.4 is 5.32 Å². The average molecular weight is 481 g/mol. The molecule has 0 saturated heterocycles. The van der Waals surface area contributed by atoms with Crippen molar-refractivity contribution in [1.29, 1.82) is 0 Å². The van der Waals surface area contributed by atoms with E-state index in [4.69, 9.17) is 11.6 Å². The Hall–Kier alpha value is -2.76. The van der Waals surface area contributed by atoms with Crippen molar-refractivity contribution in [2.75, 3.05) is 12.8 Å². The van der Waals surface area contributed by atoms with Crippen LogP contribution in [0.15, 0.2) is 83.8 Å². The van der Waals surface area contributed by atoms with Crippen LogP contribution in [0.4, 0.5) is 0 Å². The molecule has 3 aromatic rings. The third-order valence-electron chi connectivity index (χ3n) is 5.39. The largest absolute Gasteiger partial charge is 0.357 e. The molecule has 0 aliphatic carbocycles. The van der Waals surface area contributed by atoms with E-state index in [1.807, 2.05) is 85.8 Å². The molecule has 0 bridgehead atoms. The van der Waals surface area contributed by atoms with Gasteiger partial charge < -0.3 is 10.2 Å². The van der Waals surface area contributed by atoms with Crippen LogP contribution in [0.25, 0.3) is 0 Å². The minimum Gasteiger partial charge on any atom is -0.357 e. The molecule has 0 heterocycles. The summed E-state index contributed by atoms with van der Waals surface area (Å²) >= 11 is 7.57. The molecule has 0 fully saturated rings. The second kappa shape index (κ2) is 12.5. The molecule has 3 aromatic carbocycles. The molecule has 0 unspecified atom stereocenters. The van der Waals surface area contributed by atoms with Crippen LogP contribution in [0.5, 0.6) is 0 Å². The van der Waals surface area contributed by atoms with E-state index in [1.165, 1.54) is 0 Å². The first kappa shape index (κ1) is 24.9. The van der Waals surface area contributed by atoms with E-state index in [-0.39, 0.29) is 11.8 Å². The highest BCUT2D eigenvalue weighted by Crippen LogP contribution is 2.22. The number of amides is 2. The zero-order valence-corrected chi connectivity index (χ0v) is 20.5. The van der Waals surface area contributed by atoms with Gasteiger partial charge in [0.1, 0.15) is 6.04 Å². The lowest BCUT2D eigenvalue weighted by Gasteiger charge is -2.31. The van der Waals surface area contributed by atoms with Gasteiger partial charge >= 0.3 is 0 Å². The van der Waals surface area contributed by atoms with Gasteiger partial charge in [0.15, 0.2) is 0 Å². The molecule has 1 atom stereocenters. The fraction of sp³-hybridized carbons (Fsp3) is 0.259. The summed E-state index contributed by atoms with van der Waals surface area (Å²) in [6.07, 6.45) is 0.796. The van der Waals surface area contributed by atoms with Gasteiger partial charge in [-0.1, -0.05) is 71.8 Å². The lowest BCUT2D eigenvalue weighted by molar-refractivity contribution is -0.140.